The maximum atomic E-state index is 2.53. The predicted molar refractivity (Wildman–Crippen MR) is 117 cm³/mol. The van der Waals surface area contributed by atoms with Gasteiger partial charge in [0.2, 0.25) is 0 Å². The minimum atomic E-state index is 0.932. The first-order chi connectivity index (χ1) is 13.2. The van der Waals surface area contributed by atoms with E-state index in [9.17, 15) is 0 Å². The van der Waals surface area contributed by atoms with Gasteiger partial charge in [-0.15, -0.1) is 0 Å². The zero-order valence-corrected chi connectivity index (χ0v) is 15.9. The van der Waals surface area contributed by atoms with Gasteiger partial charge in [0.25, 0.3) is 0 Å². The molecule has 0 amide bonds. The summed E-state index contributed by atoms with van der Waals surface area (Å²) < 4.78 is 0. The normalized spacial score (nSPS) is 14.4. The van der Waals surface area contributed by atoms with Crippen molar-refractivity contribution in [3.63, 3.8) is 0 Å². The van der Waals surface area contributed by atoms with Crippen LogP contribution in [0.25, 0.3) is 21.5 Å². The van der Waals surface area contributed by atoms with Crippen LogP contribution in [-0.4, -0.2) is 19.8 Å². The first-order valence-corrected chi connectivity index (χ1v) is 9.68. The van der Waals surface area contributed by atoms with E-state index < -0.39 is 0 Å². The fourth-order valence-corrected chi connectivity index (χ4v) is 4.40. The topological polar surface area (TPSA) is 6.48 Å². The molecule has 0 bridgehead atoms. The number of fused-ring (bicyclic) bond motifs is 2. The summed E-state index contributed by atoms with van der Waals surface area (Å²) in [7, 11) is 0. The van der Waals surface area contributed by atoms with Crippen LogP contribution >= 0.6 is 0 Å². The van der Waals surface area contributed by atoms with E-state index >= 15 is 0 Å². The van der Waals surface area contributed by atoms with Crippen molar-refractivity contribution in [2.24, 2.45) is 0 Å². The van der Waals surface area contributed by atoms with Crippen molar-refractivity contribution in [2.75, 3.05) is 29.6 Å². The first kappa shape index (κ1) is 16.2. The van der Waals surface area contributed by atoms with Crippen LogP contribution in [-0.2, 0) is 0 Å². The third-order valence-electron chi connectivity index (χ3n) is 5.76. The molecule has 2 heteroatoms. The van der Waals surface area contributed by atoms with Crippen LogP contribution < -0.4 is 9.80 Å². The number of aryl methyl sites for hydroxylation is 2. The quantitative estimate of drug-likeness (QED) is 0.443. The molecule has 1 aliphatic heterocycles. The van der Waals surface area contributed by atoms with Crippen LogP contribution in [0.15, 0.2) is 72.8 Å². The second-order valence-electron chi connectivity index (χ2n) is 7.62. The Labute approximate surface area is 160 Å². The zero-order chi connectivity index (χ0) is 18.4. The number of rotatable bonds is 2. The standard InChI is InChI=1S/C25H24N2/c1-18-10-12-21-7-5-9-24(23(21)16-18)26-14-15-27(17-26)25-19(2)11-13-20-6-3-4-8-22(20)25/h3-13,16H,14-15,17H2,1-2H3. The van der Waals surface area contributed by atoms with Crippen LogP contribution in [0.5, 0.6) is 0 Å². The van der Waals surface area contributed by atoms with E-state index in [2.05, 4.69) is 96.4 Å². The maximum Gasteiger partial charge on any atom is 0.0904 e. The Hall–Kier alpha value is -3.00. The smallest absolute Gasteiger partial charge is 0.0904 e. The Bertz CT molecular complexity index is 1150. The molecule has 0 N–H and O–H groups in total. The van der Waals surface area contributed by atoms with Crippen LogP contribution in [0.3, 0.4) is 0 Å². The third kappa shape index (κ3) is 2.73. The first-order valence-electron chi connectivity index (χ1n) is 9.68. The minimum absolute atomic E-state index is 0.932. The molecule has 0 radical (unpaired) electrons. The highest BCUT2D eigenvalue weighted by Gasteiger charge is 2.24. The summed E-state index contributed by atoms with van der Waals surface area (Å²) in [6, 6.07) is 26.6. The summed E-state index contributed by atoms with van der Waals surface area (Å²) in [6.07, 6.45) is 0. The van der Waals surface area contributed by atoms with Gasteiger partial charge in [0, 0.05) is 35.2 Å². The Morgan fingerprint density at radius 2 is 1.41 bits per heavy atom. The number of hydrogen-bond acceptors (Lipinski definition) is 2. The van der Waals surface area contributed by atoms with Crippen molar-refractivity contribution in [2.45, 2.75) is 13.8 Å². The van der Waals surface area contributed by atoms with Crippen LogP contribution in [0.1, 0.15) is 11.1 Å². The van der Waals surface area contributed by atoms with Gasteiger partial charge in [0.1, 0.15) is 0 Å². The molecule has 2 nitrogen and oxygen atoms in total. The fraction of sp³-hybridized carbons (Fsp3) is 0.200. The molecule has 1 aliphatic rings. The number of benzene rings is 4. The molecule has 0 aliphatic carbocycles. The van der Waals surface area contributed by atoms with Crippen LogP contribution in [0.4, 0.5) is 11.4 Å². The molecule has 4 aromatic carbocycles. The van der Waals surface area contributed by atoms with Crippen molar-refractivity contribution in [3.05, 3.63) is 83.9 Å². The Morgan fingerprint density at radius 3 is 2.33 bits per heavy atom. The van der Waals surface area contributed by atoms with Crippen LogP contribution in [0.2, 0.25) is 0 Å². The lowest BCUT2D eigenvalue weighted by molar-refractivity contribution is 0.952. The van der Waals surface area contributed by atoms with Crippen molar-refractivity contribution in [1.29, 1.82) is 0 Å². The van der Waals surface area contributed by atoms with Gasteiger partial charge < -0.3 is 9.80 Å². The van der Waals surface area contributed by atoms with Crippen LogP contribution in [0, 0.1) is 13.8 Å². The van der Waals surface area contributed by atoms with Gasteiger partial charge in [0.05, 0.1) is 6.67 Å². The number of nitrogens with zero attached hydrogens (tertiary/aromatic N) is 2. The molecule has 1 heterocycles. The summed E-state index contributed by atoms with van der Waals surface area (Å²) in [6.45, 7) is 7.44. The Morgan fingerprint density at radius 1 is 0.667 bits per heavy atom. The summed E-state index contributed by atoms with van der Waals surface area (Å²) in [5, 5.41) is 5.34. The lowest BCUT2D eigenvalue weighted by Gasteiger charge is -2.25. The van der Waals surface area contributed by atoms with Gasteiger partial charge >= 0.3 is 0 Å². The van der Waals surface area contributed by atoms with E-state index in [-0.39, 0.29) is 0 Å². The summed E-state index contributed by atoms with van der Waals surface area (Å²) in [4.78, 5) is 5.05. The van der Waals surface area contributed by atoms with Gasteiger partial charge in [-0.05, 0) is 42.3 Å². The molecule has 5 rings (SSSR count). The molecule has 0 unspecified atom stereocenters. The Balaban J connectivity index is 1.55. The summed E-state index contributed by atoms with van der Waals surface area (Å²) in [5.74, 6) is 0. The molecule has 0 saturated carbocycles. The summed E-state index contributed by atoms with van der Waals surface area (Å²) >= 11 is 0. The van der Waals surface area contributed by atoms with E-state index in [0.717, 1.165) is 19.8 Å². The molecule has 0 aromatic heterocycles. The van der Waals surface area contributed by atoms with E-state index in [4.69, 9.17) is 0 Å². The molecular weight excluding hydrogens is 328 g/mol. The Kier molecular flexibility index (Phi) is 3.78. The van der Waals surface area contributed by atoms with Crippen molar-refractivity contribution < 1.29 is 0 Å². The molecular formula is C25H24N2. The monoisotopic (exact) mass is 352 g/mol. The van der Waals surface area contributed by atoms with E-state index in [1.165, 1.54) is 44.0 Å². The lowest BCUT2D eigenvalue weighted by Crippen LogP contribution is -2.25. The molecule has 1 fully saturated rings. The molecule has 0 atom stereocenters. The average Bonchev–Trinajstić information content (AvgIpc) is 3.16. The highest BCUT2D eigenvalue weighted by atomic mass is 15.4. The van der Waals surface area contributed by atoms with E-state index in [1.54, 1.807) is 0 Å². The molecule has 134 valence electrons. The van der Waals surface area contributed by atoms with Gasteiger partial charge in [0.15, 0.2) is 0 Å². The molecule has 27 heavy (non-hydrogen) atoms. The number of anilines is 2. The average molecular weight is 352 g/mol. The van der Waals surface area contributed by atoms with Gasteiger partial charge in [-0.3, -0.25) is 0 Å². The lowest BCUT2D eigenvalue weighted by atomic mass is 10.0. The fourth-order valence-electron chi connectivity index (χ4n) is 4.40. The second-order valence-corrected chi connectivity index (χ2v) is 7.62. The molecule has 0 spiro atoms. The largest absolute Gasteiger partial charge is 0.352 e. The third-order valence-corrected chi connectivity index (χ3v) is 5.76. The minimum Gasteiger partial charge on any atom is -0.352 e. The van der Waals surface area contributed by atoms with E-state index in [0.29, 0.717) is 0 Å². The maximum absolute atomic E-state index is 2.53. The highest BCUT2D eigenvalue weighted by molar-refractivity contribution is 5.97. The van der Waals surface area contributed by atoms with E-state index in [1.807, 2.05) is 0 Å². The number of hydrogen-bond donors (Lipinski definition) is 0. The van der Waals surface area contributed by atoms with Gasteiger partial charge in [-0.2, -0.15) is 0 Å². The predicted octanol–water partition coefficient (Wildman–Crippen LogP) is 5.89. The van der Waals surface area contributed by atoms with Crippen molar-refractivity contribution >= 4 is 32.9 Å². The van der Waals surface area contributed by atoms with Crippen molar-refractivity contribution in [3.8, 4) is 0 Å². The van der Waals surface area contributed by atoms with Crippen molar-refractivity contribution in [1.82, 2.24) is 0 Å². The van der Waals surface area contributed by atoms with Gasteiger partial charge in [-0.1, -0.05) is 66.2 Å². The zero-order valence-electron chi connectivity index (χ0n) is 15.9. The molecule has 4 aromatic rings. The highest BCUT2D eigenvalue weighted by Crippen LogP contribution is 2.35. The second kappa shape index (κ2) is 6.31. The molecule has 1 saturated heterocycles. The summed E-state index contributed by atoms with van der Waals surface area (Å²) in [5.41, 5.74) is 5.39. The SMILES string of the molecule is Cc1ccc2cccc(N3CCN(c4c(C)ccc5ccccc45)C3)c2c1. The van der Waals surface area contributed by atoms with Gasteiger partial charge in [-0.25, -0.2) is 0 Å².